The summed E-state index contributed by atoms with van der Waals surface area (Å²) in [7, 11) is 0. The van der Waals surface area contributed by atoms with Crippen LogP contribution in [0, 0.1) is 0 Å². The van der Waals surface area contributed by atoms with Crippen LogP contribution in [0.25, 0.3) is 0 Å². The van der Waals surface area contributed by atoms with Gasteiger partial charge in [-0.05, 0) is 25.7 Å². The monoisotopic (exact) mass is 290 g/mol. The van der Waals surface area contributed by atoms with Crippen LogP contribution in [0.1, 0.15) is 51.4 Å². The quantitative estimate of drug-likeness (QED) is 0.391. The van der Waals surface area contributed by atoms with E-state index in [1.165, 1.54) is 0 Å². The summed E-state index contributed by atoms with van der Waals surface area (Å²) in [4.78, 5) is 22.5. The molecule has 0 radical (unpaired) electrons. The SMILES string of the molecule is O=C(CCCCCO)OCCOC(=O)CCCCCO. The second-order valence-corrected chi connectivity index (χ2v) is 4.51. The van der Waals surface area contributed by atoms with E-state index in [1.807, 2.05) is 0 Å². The summed E-state index contributed by atoms with van der Waals surface area (Å²) in [6, 6.07) is 0. The fraction of sp³-hybridized carbons (Fsp3) is 0.857. The summed E-state index contributed by atoms with van der Waals surface area (Å²) in [5, 5.41) is 17.1. The summed E-state index contributed by atoms with van der Waals surface area (Å²) in [5.41, 5.74) is 0. The average molecular weight is 290 g/mol. The number of carbonyl (C=O) groups excluding carboxylic acids is 2. The molecule has 0 aromatic carbocycles. The minimum absolute atomic E-state index is 0.0845. The Hall–Kier alpha value is -1.14. The van der Waals surface area contributed by atoms with Gasteiger partial charge in [-0.25, -0.2) is 0 Å². The van der Waals surface area contributed by atoms with Gasteiger partial charge in [0.1, 0.15) is 13.2 Å². The van der Waals surface area contributed by atoms with Gasteiger partial charge in [0.05, 0.1) is 0 Å². The van der Waals surface area contributed by atoms with E-state index < -0.39 is 0 Å². The van der Waals surface area contributed by atoms with Crippen molar-refractivity contribution < 1.29 is 29.3 Å². The molecule has 0 unspecified atom stereocenters. The Morgan fingerprint density at radius 3 is 1.40 bits per heavy atom. The summed E-state index contributed by atoms with van der Waals surface area (Å²) < 4.78 is 9.81. The van der Waals surface area contributed by atoms with E-state index in [4.69, 9.17) is 19.7 Å². The number of esters is 2. The zero-order valence-corrected chi connectivity index (χ0v) is 12.0. The maximum absolute atomic E-state index is 11.2. The van der Waals surface area contributed by atoms with Gasteiger partial charge in [-0.1, -0.05) is 12.8 Å². The Balaban J connectivity index is 3.32. The third-order valence-corrected chi connectivity index (χ3v) is 2.69. The zero-order valence-electron chi connectivity index (χ0n) is 12.0. The Kier molecular flexibility index (Phi) is 13.5. The van der Waals surface area contributed by atoms with Gasteiger partial charge in [-0.15, -0.1) is 0 Å². The molecule has 0 aromatic heterocycles. The smallest absolute Gasteiger partial charge is 0.305 e. The first-order valence-corrected chi connectivity index (χ1v) is 7.23. The average Bonchev–Trinajstić information content (AvgIpc) is 2.44. The van der Waals surface area contributed by atoms with Crippen LogP contribution in [0.4, 0.5) is 0 Å². The highest BCUT2D eigenvalue weighted by atomic mass is 16.6. The molecule has 0 aromatic rings. The second kappa shape index (κ2) is 14.3. The van der Waals surface area contributed by atoms with E-state index in [-0.39, 0.29) is 38.4 Å². The van der Waals surface area contributed by atoms with Crippen molar-refractivity contribution in [1.82, 2.24) is 0 Å². The van der Waals surface area contributed by atoms with E-state index in [0.29, 0.717) is 38.5 Å². The van der Waals surface area contributed by atoms with Crippen LogP contribution in [0.3, 0.4) is 0 Å². The lowest BCUT2D eigenvalue weighted by Crippen LogP contribution is -2.13. The van der Waals surface area contributed by atoms with Crippen molar-refractivity contribution >= 4 is 11.9 Å². The molecule has 118 valence electrons. The molecule has 0 fully saturated rings. The molecule has 0 aliphatic carbocycles. The van der Waals surface area contributed by atoms with E-state index in [9.17, 15) is 9.59 Å². The van der Waals surface area contributed by atoms with Crippen LogP contribution in [-0.4, -0.2) is 48.6 Å². The normalized spacial score (nSPS) is 10.3. The van der Waals surface area contributed by atoms with Crippen molar-refractivity contribution in [3.05, 3.63) is 0 Å². The molecule has 20 heavy (non-hydrogen) atoms. The van der Waals surface area contributed by atoms with Gasteiger partial charge in [0, 0.05) is 26.1 Å². The van der Waals surface area contributed by atoms with Crippen LogP contribution in [-0.2, 0) is 19.1 Å². The predicted octanol–water partition coefficient (Wildman–Crippen LogP) is 1.18. The van der Waals surface area contributed by atoms with Crippen LogP contribution in [0.2, 0.25) is 0 Å². The number of hydrogen-bond donors (Lipinski definition) is 2. The van der Waals surface area contributed by atoms with Crippen molar-refractivity contribution in [2.45, 2.75) is 51.4 Å². The lowest BCUT2D eigenvalue weighted by atomic mass is 10.2. The van der Waals surface area contributed by atoms with E-state index in [0.717, 1.165) is 12.8 Å². The van der Waals surface area contributed by atoms with E-state index >= 15 is 0 Å². The maximum Gasteiger partial charge on any atom is 0.305 e. The van der Waals surface area contributed by atoms with Crippen molar-refractivity contribution in [1.29, 1.82) is 0 Å². The number of unbranched alkanes of at least 4 members (excludes halogenated alkanes) is 4. The van der Waals surface area contributed by atoms with Gasteiger partial charge in [-0.2, -0.15) is 0 Å². The first-order valence-electron chi connectivity index (χ1n) is 7.23. The predicted molar refractivity (Wildman–Crippen MR) is 73.0 cm³/mol. The Labute approximate surface area is 120 Å². The third-order valence-electron chi connectivity index (χ3n) is 2.69. The topological polar surface area (TPSA) is 93.1 Å². The molecule has 2 N–H and O–H groups in total. The zero-order chi connectivity index (χ0) is 15.1. The number of rotatable bonds is 13. The molecule has 0 amide bonds. The number of ether oxygens (including phenoxy) is 2. The number of carbonyl (C=O) groups is 2. The first-order chi connectivity index (χ1) is 9.70. The molecular weight excluding hydrogens is 264 g/mol. The lowest BCUT2D eigenvalue weighted by Gasteiger charge is -2.06. The van der Waals surface area contributed by atoms with Crippen molar-refractivity contribution in [2.24, 2.45) is 0 Å². The Bertz CT molecular complexity index is 228. The highest BCUT2D eigenvalue weighted by Crippen LogP contribution is 2.02. The highest BCUT2D eigenvalue weighted by molar-refractivity contribution is 5.70. The molecule has 0 spiro atoms. The fourth-order valence-corrected chi connectivity index (χ4v) is 1.57. The molecule has 0 atom stereocenters. The molecular formula is C14H26O6. The Morgan fingerprint density at radius 2 is 1.05 bits per heavy atom. The third kappa shape index (κ3) is 13.3. The van der Waals surface area contributed by atoms with Crippen LogP contribution >= 0.6 is 0 Å². The van der Waals surface area contributed by atoms with Gasteiger partial charge in [-0.3, -0.25) is 9.59 Å². The molecule has 0 saturated carbocycles. The van der Waals surface area contributed by atoms with Gasteiger partial charge in [0.25, 0.3) is 0 Å². The van der Waals surface area contributed by atoms with Gasteiger partial charge >= 0.3 is 11.9 Å². The molecule has 0 bridgehead atoms. The van der Waals surface area contributed by atoms with Crippen molar-refractivity contribution in [3.63, 3.8) is 0 Å². The maximum atomic E-state index is 11.2. The standard InChI is InChI=1S/C14H26O6/c15-9-5-1-3-7-13(17)19-11-12-20-14(18)8-4-2-6-10-16/h15-16H,1-12H2. The number of hydrogen-bond acceptors (Lipinski definition) is 6. The molecule has 0 aliphatic rings. The summed E-state index contributed by atoms with van der Waals surface area (Å²) in [6.45, 7) is 0.453. The molecule has 0 heterocycles. The molecule has 6 heteroatoms. The van der Waals surface area contributed by atoms with Crippen LogP contribution in [0.15, 0.2) is 0 Å². The number of aliphatic hydroxyl groups is 2. The van der Waals surface area contributed by atoms with Crippen molar-refractivity contribution in [3.8, 4) is 0 Å². The van der Waals surface area contributed by atoms with Gasteiger partial charge in [0.2, 0.25) is 0 Å². The second-order valence-electron chi connectivity index (χ2n) is 4.51. The van der Waals surface area contributed by atoms with Gasteiger partial charge < -0.3 is 19.7 Å². The summed E-state index contributed by atoms with van der Waals surface area (Å²) in [5.74, 6) is -0.608. The Morgan fingerprint density at radius 1 is 0.650 bits per heavy atom. The summed E-state index contributed by atoms with van der Waals surface area (Å²) >= 11 is 0. The van der Waals surface area contributed by atoms with E-state index in [2.05, 4.69) is 0 Å². The molecule has 6 nitrogen and oxygen atoms in total. The lowest BCUT2D eigenvalue weighted by molar-refractivity contribution is -0.152. The summed E-state index contributed by atoms with van der Waals surface area (Å²) in [6.07, 6.45) is 5.05. The minimum atomic E-state index is -0.304. The first kappa shape index (κ1) is 18.9. The van der Waals surface area contributed by atoms with Crippen LogP contribution in [0.5, 0.6) is 0 Å². The van der Waals surface area contributed by atoms with E-state index in [1.54, 1.807) is 0 Å². The minimum Gasteiger partial charge on any atom is -0.462 e. The van der Waals surface area contributed by atoms with Crippen LogP contribution < -0.4 is 0 Å². The molecule has 0 saturated heterocycles. The van der Waals surface area contributed by atoms with Gasteiger partial charge in [0.15, 0.2) is 0 Å². The molecule has 0 rings (SSSR count). The fourth-order valence-electron chi connectivity index (χ4n) is 1.57. The highest BCUT2D eigenvalue weighted by Gasteiger charge is 2.05. The molecule has 0 aliphatic heterocycles. The number of aliphatic hydroxyl groups excluding tert-OH is 2. The van der Waals surface area contributed by atoms with Crippen molar-refractivity contribution in [2.75, 3.05) is 26.4 Å². The largest absolute Gasteiger partial charge is 0.462 e.